The molecule has 1 aliphatic heterocycles. The number of anilines is 1. The molecule has 2 nitrogen and oxygen atoms in total. The van der Waals surface area contributed by atoms with Gasteiger partial charge in [-0.3, -0.25) is 5.41 Å². The highest BCUT2D eigenvalue weighted by Crippen LogP contribution is 2.31. The maximum absolute atomic E-state index is 13.3. The highest BCUT2D eigenvalue weighted by molar-refractivity contribution is 6.12. The monoisotopic (exact) mass is 254 g/mol. The van der Waals surface area contributed by atoms with Gasteiger partial charge in [0.15, 0.2) is 0 Å². The third-order valence-corrected chi connectivity index (χ3v) is 3.58. The number of aryl methyl sites for hydroxylation is 2. The standard InChI is InChI=1S/C16H15FN2/c1-10-3-4-11(2)15(7-10)19-9-12-5-6-13(17)8-14(12)16(19)18/h3-8,18H,9H2,1-2H3. The first-order valence-corrected chi connectivity index (χ1v) is 6.28. The van der Waals surface area contributed by atoms with Gasteiger partial charge in [-0.25, -0.2) is 4.39 Å². The van der Waals surface area contributed by atoms with Crippen LogP contribution in [-0.4, -0.2) is 5.84 Å². The Morgan fingerprint density at radius 3 is 2.68 bits per heavy atom. The molecule has 0 unspecified atom stereocenters. The van der Waals surface area contributed by atoms with Gasteiger partial charge < -0.3 is 4.90 Å². The molecule has 0 aliphatic carbocycles. The van der Waals surface area contributed by atoms with Crippen molar-refractivity contribution in [2.45, 2.75) is 20.4 Å². The highest BCUT2D eigenvalue weighted by atomic mass is 19.1. The van der Waals surface area contributed by atoms with Crippen molar-refractivity contribution in [1.29, 1.82) is 5.41 Å². The van der Waals surface area contributed by atoms with Gasteiger partial charge in [-0.15, -0.1) is 0 Å². The van der Waals surface area contributed by atoms with Crippen LogP contribution in [0.2, 0.25) is 0 Å². The number of nitrogens with zero attached hydrogens (tertiary/aromatic N) is 1. The lowest BCUT2D eigenvalue weighted by Crippen LogP contribution is -2.24. The molecule has 0 saturated carbocycles. The predicted molar refractivity (Wildman–Crippen MR) is 75.3 cm³/mol. The summed E-state index contributed by atoms with van der Waals surface area (Å²) in [6.45, 7) is 4.71. The third kappa shape index (κ3) is 1.91. The van der Waals surface area contributed by atoms with Crippen molar-refractivity contribution in [3.8, 4) is 0 Å². The third-order valence-electron chi connectivity index (χ3n) is 3.58. The van der Waals surface area contributed by atoms with Gasteiger partial charge in [0.25, 0.3) is 0 Å². The molecule has 1 N–H and O–H groups in total. The molecular formula is C16H15FN2. The molecule has 2 aromatic rings. The van der Waals surface area contributed by atoms with Gasteiger partial charge in [0.2, 0.25) is 0 Å². The Morgan fingerprint density at radius 2 is 1.89 bits per heavy atom. The summed E-state index contributed by atoms with van der Waals surface area (Å²) in [5, 5.41) is 8.25. The molecule has 0 bridgehead atoms. The molecule has 0 spiro atoms. The molecule has 1 heterocycles. The summed E-state index contributed by atoms with van der Waals surface area (Å²) in [6.07, 6.45) is 0. The van der Waals surface area contributed by atoms with E-state index in [9.17, 15) is 4.39 Å². The van der Waals surface area contributed by atoms with Gasteiger partial charge in [0.05, 0.1) is 6.54 Å². The zero-order valence-electron chi connectivity index (χ0n) is 11.0. The van der Waals surface area contributed by atoms with Crippen LogP contribution in [0.25, 0.3) is 0 Å². The van der Waals surface area contributed by atoms with Crippen LogP contribution < -0.4 is 4.90 Å². The van der Waals surface area contributed by atoms with Gasteiger partial charge in [-0.05, 0) is 48.7 Å². The van der Waals surface area contributed by atoms with E-state index in [-0.39, 0.29) is 5.82 Å². The fourth-order valence-corrected chi connectivity index (χ4v) is 2.52. The van der Waals surface area contributed by atoms with Crippen molar-refractivity contribution in [3.63, 3.8) is 0 Å². The summed E-state index contributed by atoms with van der Waals surface area (Å²) in [7, 11) is 0. The van der Waals surface area contributed by atoms with Crippen molar-refractivity contribution in [1.82, 2.24) is 0 Å². The molecule has 19 heavy (non-hydrogen) atoms. The summed E-state index contributed by atoms with van der Waals surface area (Å²) >= 11 is 0. The molecule has 3 rings (SSSR count). The zero-order chi connectivity index (χ0) is 13.6. The quantitative estimate of drug-likeness (QED) is 0.823. The van der Waals surface area contributed by atoms with E-state index in [0.29, 0.717) is 17.9 Å². The number of fused-ring (bicyclic) bond motifs is 1. The van der Waals surface area contributed by atoms with Crippen LogP contribution in [0.15, 0.2) is 36.4 Å². The maximum Gasteiger partial charge on any atom is 0.133 e. The van der Waals surface area contributed by atoms with Crippen molar-refractivity contribution in [2.75, 3.05) is 4.90 Å². The Labute approximate surface area is 112 Å². The average Bonchev–Trinajstić information content (AvgIpc) is 2.70. The molecule has 1 aliphatic rings. The zero-order valence-corrected chi connectivity index (χ0v) is 11.0. The topological polar surface area (TPSA) is 27.1 Å². The second-order valence-corrected chi connectivity index (χ2v) is 5.03. The van der Waals surface area contributed by atoms with Crippen molar-refractivity contribution < 1.29 is 4.39 Å². The molecule has 2 aromatic carbocycles. The van der Waals surface area contributed by atoms with E-state index in [0.717, 1.165) is 22.4 Å². The number of rotatable bonds is 1. The van der Waals surface area contributed by atoms with Gasteiger partial charge >= 0.3 is 0 Å². The summed E-state index contributed by atoms with van der Waals surface area (Å²) in [5.41, 5.74) is 5.02. The first-order chi connectivity index (χ1) is 9.06. The molecule has 0 aromatic heterocycles. The average molecular weight is 254 g/mol. The lowest BCUT2D eigenvalue weighted by molar-refractivity contribution is 0.627. The van der Waals surface area contributed by atoms with Crippen LogP contribution in [0, 0.1) is 25.1 Å². The second kappa shape index (κ2) is 4.19. The fourth-order valence-electron chi connectivity index (χ4n) is 2.52. The van der Waals surface area contributed by atoms with E-state index in [2.05, 4.69) is 18.2 Å². The van der Waals surface area contributed by atoms with Crippen LogP contribution in [0.5, 0.6) is 0 Å². The molecule has 96 valence electrons. The number of hydrogen-bond acceptors (Lipinski definition) is 1. The maximum atomic E-state index is 13.3. The van der Waals surface area contributed by atoms with E-state index >= 15 is 0 Å². The van der Waals surface area contributed by atoms with Gasteiger partial charge in [0.1, 0.15) is 11.7 Å². The summed E-state index contributed by atoms with van der Waals surface area (Å²) < 4.78 is 13.3. The summed E-state index contributed by atoms with van der Waals surface area (Å²) in [4.78, 5) is 1.94. The van der Waals surface area contributed by atoms with Crippen molar-refractivity contribution >= 4 is 11.5 Å². The summed E-state index contributed by atoms with van der Waals surface area (Å²) in [5.74, 6) is 0.0921. The van der Waals surface area contributed by atoms with Crippen molar-refractivity contribution in [3.05, 3.63) is 64.5 Å². The Hall–Kier alpha value is -2.16. The minimum absolute atomic E-state index is 0.286. The predicted octanol–water partition coefficient (Wildman–Crippen LogP) is 3.79. The van der Waals surface area contributed by atoms with Crippen LogP contribution >= 0.6 is 0 Å². The van der Waals surface area contributed by atoms with E-state index in [1.165, 1.54) is 12.1 Å². The number of nitrogens with one attached hydrogen (secondary N) is 1. The van der Waals surface area contributed by atoms with Gasteiger partial charge in [-0.1, -0.05) is 18.2 Å². The van der Waals surface area contributed by atoms with Crippen LogP contribution in [-0.2, 0) is 6.54 Å². The van der Waals surface area contributed by atoms with Crippen LogP contribution in [0.4, 0.5) is 10.1 Å². The molecule has 0 fully saturated rings. The first-order valence-electron chi connectivity index (χ1n) is 6.28. The highest BCUT2D eigenvalue weighted by Gasteiger charge is 2.26. The minimum Gasteiger partial charge on any atom is -0.322 e. The second-order valence-electron chi connectivity index (χ2n) is 5.03. The van der Waals surface area contributed by atoms with Crippen LogP contribution in [0.1, 0.15) is 22.3 Å². The normalized spacial score (nSPS) is 13.8. The molecule has 0 amide bonds. The number of benzene rings is 2. The van der Waals surface area contributed by atoms with E-state index < -0.39 is 0 Å². The Bertz CT molecular complexity index is 676. The van der Waals surface area contributed by atoms with Crippen molar-refractivity contribution in [2.24, 2.45) is 0 Å². The Kier molecular flexibility index (Phi) is 2.63. The molecule has 0 radical (unpaired) electrons. The fraction of sp³-hybridized carbons (Fsp3) is 0.188. The Morgan fingerprint density at radius 1 is 1.11 bits per heavy atom. The van der Waals surface area contributed by atoms with E-state index in [1.807, 2.05) is 18.7 Å². The first kappa shape index (κ1) is 11.9. The summed E-state index contributed by atoms with van der Waals surface area (Å²) in [6, 6.07) is 10.9. The van der Waals surface area contributed by atoms with E-state index in [4.69, 9.17) is 5.41 Å². The van der Waals surface area contributed by atoms with Gasteiger partial charge in [-0.2, -0.15) is 0 Å². The Balaban J connectivity index is 2.06. The largest absolute Gasteiger partial charge is 0.322 e. The molecule has 0 atom stereocenters. The number of hydrogen-bond donors (Lipinski definition) is 1. The molecule has 3 heteroatoms. The van der Waals surface area contributed by atoms with Crippen LogP contribution in [0.3, 0.4) is 0 Å². The smallest absolute Gasteiger partial charge is 0.133 e. The number of halogens is 1. The lowest BCUT2D eigenvalue weighted by atomic mass is 10.1. The van der Waals surface area contributed by atoms with E-state index in [1.54, 1.807) is 6.07 Å². The minimum atomic E-state index is -0.286. The molecular weight excluding hydrogens is 239 g/mol. The van der Waals surface area contributed by atoms with Gasteiger partial charge in [0, 0.05) is 11.3 Å². The number of amidine groups is 1. The lowest BCUT2D eigenvalue weighted by Gasteiger charge is -2.21. The SMILES string of the molecule is Cc1ccc(C)c(N2Cc3ccc(F)cc3C2=N)c1. The molecule has 0 saturated heterocycles.